The van der Waals surface area contributed by atoms with Crippen LogP contribution in [-0.4, -0.2) is 26.3 Å². The van der Waals surface area contributed by atoms with Crippen LogP contribution in [0.5, 0.6) is 0 Å². The summed E-state index contributed by atoms with van der Waals surface area (Å²) in [6.45, 7) is 5.02. The molecule has 3 aromatic rings. The van der Waals surface area contributed by atoms with E-state index in [-0.39, 0.29) is 17.0 Å². The third kappa shape index (κ3) is 3.88. The van der Waals surface area contributed by atoms with Gasteiger partial charge in [-0.3, -0.25) is 13.9 Å². The molecule has 2 unspecified atom stereocenters. The minimum absolute atomic E-state index is 0.0225. The molecule has 36 heavy (non-hydrogen) atoms. The zero-order valence-electron chi connectivity index (χ0n) is 20.1. The first kappa shape index (κ1) is 25.5. The number of benzene rings is 3. The molecule has 10 heteroatoms. The second kappa shape index (κ2) is 9.15. The summed E-state index contributed by atoms with van der Waals surface area (Å²) in [5.74, 6) is -1.50. The Hall–Kier alpha value is -3.56. The topological polar surface area (TPSA) is 136 Å². The summed E-state index contributed by atoms with van der Waals surface area (Å²) in [5.41, 5.74) is 12.5. The molecule has 5 N–H and O–H groups in total. The van der Waals surface area contributed by atoms with Gasteiger partial charge in [0.2, 0.25) is 11.8 Å². The number of anilines is 3. The van der Waals surface area contributed by atoms with E-state index < -0.39 is 33.3 Å². The molecule has 0 bridgehead atoms. The highest BCUT2D eigenvalue weighted by Gasteiger charge is 2.56. The predicted molar refractivity (Wildman–Crippen MR) is 141 cm³/mol. The van der Waals surface area contributed by atoms with Crippen LogP contribution in [0.1, 0.15) is 30.0 Å². The summed E-state index contributed by atoms with van der Waals surface area (Å²) in [6.07, 6.45) is 0.0527. The van der Waals surface area contributed by atoms with Crippen LogP contribution in [0, 0.1) is 13.8 Å². The monoisotopic (exact) mass is 526 g/mol. The number of carbonyl (C=O) groups is 2. The second-order valence-electron chi connectivity index (χ2n) is 8.89. The maximum atomic E-state index is 14.4. The zero-order valence-corrected chi connectivity index (χ0v) is 21.7. The molecule has 8 nitrogen and oxygen atoms in total. The normalized spacial score (nSPS) is 17.2. The zero-order chi connectivity index (χ0) is 26.4. The molecule has 0 saturated carbocycles. The largest absolute Gasteiger partial charge is 0.399 e. The van der Waals surface area contributed by atoms with E-state index in [0.717, 1.165) is 4.31 Å². The molecule has 0 radical (unpaired) electrons. The third-order valence-corrected chi connectivity index (χ3v) is 9.09. The number of hydrogen-bond donors (Lipinski definition) is 3. The molecular weight excluding hydrogens is 500 g/mol. The fourth-order valence-corrected chi connectivity index (χ4v) is 7.03. The molecule has 0 spiro atoms. The summed E-state index contributed by atoms with van der Waals surface area (Å²) < 4.78 is 29.8. The quantitative estimate of drug-likeness (QED) is 0.419. The Morgan fingerprint density at radius 3 is 2.33 bits per heavy atom. The maximum absolute atomic E-state index is 14.4. The minimum Gasteiger partial charge on any atom is -0.399 e. The fraction of sp³-hybridized carbons (Fsp3) is 0.231. The van der Waals surface area contributed by atoms with E-state index in [4.69, 9.17) is 23.1 Å². The lowest BCUT2D eigenvalue weighted by molar-refractivity contribution is -0.129. The van der Waals surface area contributed by atoms with Crippen LogP contribution in [0.4, 0.5) is 17.1 Å². The molecule has 0 aliphatic carbocycles. The number of halogens is 1. The third-order valence-electron chi connectivity index (χ3n) is 6.77. The van der Waals surface area contributed by atoms with Gasteiger partial charge in [-0.2, -0.15) is 0 Å². The minimum atomic E-state index is -4.39. The van der Waals surface area contributed by atoms with Crippen LogP contribution in [0.15, 0.2) is 65.6 Å². The Bertz CT molecular complexity index is 1470. The molecule has 1 heterocycles. The number of primary amides is 1. The number of sulfonamides is 1. The summed E-state index contributed by atoms with van der Waals surface area (Å²) in [7, 11) is -4.39. The van der Waals surface area contributed by atoms with Crippen molar-refractivity contribution in [2.24, 2.45) is 5.73 Å². The standard InChI is InChI=1S/C26H27ClN4O4S/c1-4-26(25(29)33,17-9-11-18(28)12-10-17)23-24(32)30-20-7-5-6-8-21(20)31(23)36(34,35)22-14-15(2)19(27)13-16(22)3/h5-14,23H,4,28H2,1-3H3,(H2,29,33)(H,30,32). The fourth-order valence-electron chi connectivity index (χ4n) is 4.84. The van der Waals surface area contributed by atoms with Gasteiger partial charge in [0.05, 0.1) is 16.3 Å². The van der Waals surface area contributed by atoms with Gasteiger partial charge in [-0.15, -0.1) is 0 Å². The van der Waals surface area contributed by atoms with Crippen LogP contribution in [0.25, 0.3) is 0 Å². The van der Waals surface area contributed by atoms with Crippen molar-refractivity contribution >= 4 is 50.5 Å². The highest BCUT2D eigenvalue weighted by Crippen LogP contribution is 2.45. The molecular formula is C26H27ClN4O4S. The number of nitrogens with one attached hydrogen (secondary N) is 1. The molecule has 3 aromatic carbocycles. The van der Waals surface area contributed by atoms with Crippen LogP contribution in [0.2, 0.25) is 5.02 Å². The van der Waals surface area contributed by atoms with Crippen LogP contribution in [0.3, 0.4) is 0 Å². The van der Waals surface area contributed by atoms with Gasteiger partial charge in [0.25, 0.3) is 10.0 Å². The summed E-state index contributed by atoms with van der Waals surface area (Å²) in [4.78, 5) is 26.9. The van der Waals surface area contributed by atoms with Crippen molar-refractivity contribution in [2.45, 2.75) is 43.5 Å². The van der Waals surface area contributed by atoms with Gasteiger partial charge in [0.1, 0.15) is 11.5 Å². The first-order valence-corrected chi connectivity index (χ1v) is 13.1. The van der Waals surface area contributed by atoms with Gasteiger partial charge in [-0.1, -0.05) is 42.8 Å². The number of amides is 2. The molecule has 0 fully saturated rings. The summed E-state index contributed by atoms with van der Waals surface area (Å²) >= 11 is 6.24. The molecule has 188 valence electrons. The van der Waals surface area contributed by atoms with Crippen molar-refractivity contribution in [1.82, 2.24) is 0 Å². The number of rotatable bonds is 6. The van der Waals surface area contributed by atoms with E-state index >= 15 is 0 Å². The lowest BCUT2D eigenvalue weighted by Gasteiger charge is -2.46. The average molecular weight is 527 g/mol. The van der Waals surface area contributed by atoms with Crippen molar-refractivity contribution in [3.8, 4) is 0 Å². The second-order valence-corrected chi connectivity index (χ2v) is 11.1. The predicted octanol–water partition coefficient (Wildman–Crippen LogP) is 3.89. The van der Waals surface area contributed by atoms with E-state index in [2.05, 4.69) is 5.32 Å². The van der Waals surface area contributed by atoms with E-state index in [1.165, 1.54) is 6.07 Å². The summed E-state index contributed by atoms with van der Waals surface area (Å²) in [6, 6.07) is 14.4. The number of nitrogens with two attached hydrogens (primary N) is 2. The van der Waals surface area contributed by atoms with Crippen LogP contribution in [-0.2, 0) is 25.0 Å². The average Bonchev–Trinajstić information content (AvgIpc) is 2.82. The number of fused-ring (bicyclic) bond motifs is 1. The van der Waals surface area contributed by atoms with Crippen molar-refractivity contribution < 1.29 is 18.0 Å². The van der Waals surface area contributed by atoms with E-state index in [1.54, 1.807) is 75.4 Å². The van der Waals surface area contributed by atoms with E-state index in [9.17, 15) is 18.0 Å². The number of nitrogens with zero attached hydrogens (tertiary/aromatic N) is 1. The van der Waals surface area contributed by atoms with Gasteiger partial charge in [-0.25, -0.2) is 8.42 Å². The van der Waals surface area contributed by atoms with Crippen LogP contribution >= 0.6 is 11.6 Å². The van der Waals surface area contributed by atoms with Crippen LogP contribution < -0.4 is 21.1 Å². The van der Waals surface area contributed by atoms with Crippen molar-refractivity contribution in [2.75, 3.05) is 15.4 Å². The number of para-hydroxylation sites is 2. The Kier molecular flexibility index (Phi) is 6.49. The molecule has 0 saturated heterocycles. The first-order chi connectivity index (χ1) is 16.9. The summed E-state index contributed by atoms with van der Waals surface area (Å²) in [5, 5.41) is 3.19. The van der Waals surface area contributed by atoms with E-state index in [1.807, 2.05) is 0 Å². The van der Waals surface area contributed by atoms with Crippen molar-refractivity contribution in [3.63, 3.8) is 0 Å². The van der Waals surface area contributed by atoms with E-state index in [0.29, 0.717) is 33.1 Å². The van der Waals surface area contributed by atoms with Crippen molar-refractivity contribution in [1.29, 1.82) is 0 Å². The van der Waals surface area contributed by atoms with Gasteiger partial charge in [0.15, 0.2) is 0 Å². The Morgan fingerprint density at radius 1 is 1.08 bits per heavy atom. The molecule has 1 aliphatic rings. The molecule has 2 amide bonds. The van der Waals surface area contributed by atoms with Gasteiger partial charge >= 0.3 is 0 Å². The Morgan fingerprint density at radius 2 is 1.72 bits per heavy atom. The Balaban J connectivity index is 2.07. The number of aryl methyl sites for hydroxylation is 2. The number of nitrogen functional groups attached to an aromatic ring is 1. The van der Waals surface area contributed by atoms with Gasteiger partial charge in [-0.05, 0) is 73.4 Å². The highest BCUT2D eigenvalue weighted by molar-refractivity contribution is 7.93. The number of carbonyl (C=O) groups excluding carboxylic acids is 2. The smallest absolute Gasteiger partial charge is 0.265 e. The first-order valence-electron chi connectivity index (χ1n) is 11.3. The maximum Gasteiger partial charge on any atom is 0.265 e. The molecule has 4 rings (SSSR count). The SMILES string of the molecule is CCC(C(N)=O)(c1ccc(N)cc1)C1C(=O)Nc2ccccc2N1S(=O)(=O)c1cc(C)c(Cl)cc1C. The lowest BCUT2D eigenvalue weighted by Crippen LogP contribution is -2.65. The molecule has 2 atom stereocenters. The van der Waals surface area contributed by atoms with Gasteiger partial charge < -0.3 is 16.8 Å². The van der Waals surface area contributed by atoms with Gasteiger partial charge in [0, 0.05) is 10.7 Å². The highest BCUT2D eigenvalue weighted by atomic mass is 35.5. The molecule has 1 aliphatic heterocycles. The lowest BCUT2D eigenvalue weighted by atomic mass is 9.70. The van der Waals surface area contributed by atoms with Crippen molar-refractivity contribution in [3.05, 3.63) is 82.4 Å². The number of hydrogen-bond acceptors (Lipinski definition) is 5. The Labute approximate surface area is 215 Å². The molecule has 0 aromatic heterocycles.